The van der Waals surface area contributed by atoms with Crippen molar-refractivity contribution in [3.05, 3.63) is 35.1 Å². The van der Waals surface area contributed by atoms with Crippen molar-refractivity contribution in [2.24, 2.45) is 0 Å². The molecule has 0 radical (unpaired) electrons. The maximum Gasteiger partial charge on any atom is 0.163 e. The molecule has 84 valence electrons. The first-order valence-electron chi connectivity index (χ1n) is 4.19. The van der Waals surface area contributed by atoms with Gasteiger partial charge in [0.1, 0.15) is 5.82 Å². The van der Waals surface area contributed by atoms with Gasteiger partial charge in [0.2, 0.25) is 0 Å². The van der Waals surface area contributed by atoms with Gasteiger partial charge in [-0.15, -0.1) is 0 Å². The lowest BCUT2D eigenvalue weighted by Gasteiger charge is -2.04. The summed E-state index contributed by atoms with van der Waals surface area (Å²) in [4.78, 5) is 0. The lowest BCUT2D eigenvalue weighted by atomic mass is 10.2. The summed E-state index contributed by atoms with van der Waals surface area (Å²) in [7, 11) is -3.50. The summed E-state index contributed by atoms with van der Waals surface area (Å²) in [5.41, 5.74) is -0.477. The van der Waals surface area contributed by atoms with E-state index in [0.29, 0.717) is 12.1 Å². The van der Waals surface area contributed by atoms with E-state index in [2.05, 4.69) is 0 Å². The number of sulfone groups is 1. The van der Waals surface area contributed by atoms with Crippen molar-refractivity contribution in [1.82, 2.24) is 0 Å². The molecule has 0 unspecified atom stereocenters. The summed E-state index contributed by atoms with van der Waals surface area (Å²) in [6.45, 7) is 1.38. The van der Waals surface area contributed by atoms with Gasteiger partial charge in [-0.25, -0.2) is 21.6 Å². The zero-order valence-electron chi connectivity index (χ0n) is 7.93. The molecule has 2 nitrogen and oxygen atoms in total. The Morgan fingerprint density at radius 1 is 1.20 bits per heavy atom. The number of hydrogen-bond acceptors (Lipinski definition) is 2. The Morgan fingerprint density at radius 3 is 2.33 bits per heavy atom. The second kappa shape index (κ2) is 4.22. The van der Waals surface area contributed by atoms with Crippen LogP contribution in [0.3, 0.4) is 0 Å². The van der Waals surface area contributed by atoms with Crippen LogP contribution in [0.25, 0.3) is 0 Å². The van der Waals surface area contributed by atoms with Gasteiger partial charge in [-0.1, -0.05) is 6.92 Å². The Hall–Kier alpha value is -1.04. The molecule has 0 aromatic heterocycles. The van der Waals surface area contributed by atoms with E-state index in [0.717, 1.165) is 0 Å². The monoisotopic (exact) mass is 238 g/mol. The summed E-state index contributed by atoms with van der Waals surface area (Å²) in [5, 5.41) is 0. The largest absolute Gasteiger partial charge is 0.229 e. The van der Waals surface area contributed by atoms with Crippen LogP contribution in [-0.2, 0) is 15.6 Å². The van der Waals surface area contributed by atoms with Crippen LogP contribution in [0.2, 0.25) is 0 Å². The van der Waals surface area contributed by atoms with E-state index in [4.69, 9.17) is 0 Å². The first-order chi connectivity index (χ1) is 6.85. The highest BCUT2D eigenvalue weighted by molar-refractivity contribution is 7.90. The van der Waals surface area contributed by atoms with Gasteiger partial charge in [-0.05, 0) is 6.07 Å². The Bertz CT molecular complexity index is 468. The van der Waals surface area contributed by atoms with Crippen LogP contribution < -0.4 is 0 Å². The number of halogens is 3. The van der Waals surface area contributed by atoms with Crippen LogP contribution in [0.15, 0.2) is 12.1 Å². The van der Waals surface area contributed by atoms with Gasteiger partial charge in [0, 0.05) is 17.4 Å². The van der Waals surface area contributed by atoms with Crippen LogP contribution >= 0.6 is 0 Å². The molecular formula is C9H9F3O2S. The van der Waals surface area contributed by atoms with E-state index < -0.39 is 38.6 Å². The zero-order valence-corrected chi connectivity index (χ0v) is 8.74. The molecule has 0 spiro atoms. The fourth-order valence-corrected chi connectivity index (χ4v) is 1.94. The Kier molecular flexibility index (Phi) is 3.38. The fraction of sp³-hybridized carbons (Fsp3) is 0.333. The maximum absolute atomic E-state index is 13.0. The minimum atomic E-state index is -3.50. The third kappa shape index (κ3) is 2.95. The van der Waals surface area contributed by atoms with Crippen LogP contribution in [0.5, 0.6) is 0 Å². The third-order valence-corrected chi connectivity index (χ3v) is 3.51. The molecule has 0 bridgehead atoms. The number of benzene rings is 1. The van der Waals surface area contributed by atoms with Gasteiger partial charge in [-0.3, -0.25) is 0 Å². The second-order valence-electron chi connectivity index (χ2n) is 3.04. The van der Waals surface area contributed by atoms with Gasteiger partial charge >= 0.3 is 0 Å². The number of hydrogen-bond donors (Lipinski definition) is 0. The standard InChI is InChI=1S/C9H9F3O2S/c1-2-15(13,14)5-6-3-7(10)4-8(11)9(6)12/h3-4H,2,5H2,1H3. The molecule has 0 aliphatic heterocycles. The van der Waals surface area contributed by atoms with E-state index >= 15 is 0 Å². The van der Waals surface area contributed by atoms with Crippen molar-refractivity contribution in [3.8, 4) is 0 Å². The lowest BCUT2D eigenvalue weighted by Crippen LogP contribution is -2.09. The highest BCUT2D eigenvalue weighted by atomic mass is 32.2. The van der Waals surface area contributed by atoms with Gasteiger partial charge < -0.3 is 0 Å². The van der Waals surface area contributed by atoms with E-state index in [1.54, 1.807) is 0 Å². The molecule has 15 heavy (non-hydrogen) atoms. The zero-order chi connectivity index (χ0) is 11.6. The van der Waals surface area contributed by atoms with Gasteiger partial charge in [0.15, 0.2) is 21.5 Å². The molecule has 0 heterocycles. The molecule has 1 rings (SSSR count). The first kappa shape index (κ1) is 12.0. The summed E-state index contributed by atoms with van der Waals surface area (Å²) in [6.07, 6.45) is 0. The van der Waals surface area contributed by atoms with Crippen molar-refractivity contribution in [2.45, 2.75) is 12.7 Å². The third-order valence-electron chi connectivity index (χ3n) is 1.88. The number of rotatable bonds is 3. The van der Waals surface area contributed by atoms with Gasteiger partial charge in [-0.2, -0.15) is 0 Å². The Balaban J connectivity index is 3.16. The summed E-state index contributed by atoms with van der Waals surface area (Å²) in [5.74, 6) is -4.57. The van der Waals surface area contributed by atoms with E-state index in [1.807, 2.05) is 0 Å². The first-order valence-corrected chi connectivity index (χ1v) is 6.01. The minimum absolute atomic E-state index is 0.204. The van der Waals surface area contributed by atoms with Crippen LogP contribution in [0, 0.1) is 17.5 Å². The van der Waals surface area contributed by atoms with Crippen molar-refractivity contribution in [3.63, 3.8) is 0 Å². The quantitative estimate of drug-likeness (QED) is 0.755. The highest BCUT2D eigenvalue weighted by Crippen LogP contribution is 2.16. The lowest BCUT2D eigenvalue weighted by molar-refractivity contribution is 0.487. The molecule has 0 N–H and O–H groups in total. The van der Waals surface area contributed by atoms with Crippen LogP contribution in [-0.4, -0.2) is 14.2 Å². The average Bonchev–Trinajstić information content (AvgIpc) is 2.13. The Labute approximate surface area is 85.6 Å². The molecule has 0 saturated heterocycles. The summed E-state index contributed by atoms with van der Waals surface area (Å²) in [6, 6.07) is 1.06. The molecule has 0 amide bonds. The molecule has 0 saturated carbocycles. The highest BCUT2D eigenvalue weighted by Gasteiger charge is 2.16. The van der Waals surface area contributed by atoms with E-state index in [9.17, 15) is 21.6 Å². The molecule has 0 aliphatic carbocycles. The molecule has 6 heteroatoms. The fourth-order valence-electron chi connectivity index (χ4n) is 1.05. The molecule has 1 aromatic rings. The molecule has 1 aromatic carbocycles. The van der Waals surface area contributed by atoms with Crippen molar-refractivity contribution >= 4 is 9.84 Å². The van der Waals surface area contributed by atoms with Crippen LogP contribution in [0.1, 0.15) is 12.5 Å². The van der Waals surface area contributed by atoms with Gasteiger partial charge in [0.05, 0.1) is 5.75 Å². The van der Waals surface area contributed by atoms with Gasteiger partial charge in [0.25, 0.3) is 0 Å². The second-order valence-corrected chi connectivity index (χ2v) is 5.39. The van der Waals surface area contributed by atoms with Crippen molar-refractivity contribution < 1.29 is 21.6 Å². The molecule has 0 aliphatic rings. The summed E-state index contributed by atoms with van der Waals surface area (Å²) >= 11 is 0. The normalized spacial score (nSPS) is 11.7. The Morgan fingerprint density at radius 2 is 1.80 bits per heavy atom. The summed E-state index contributed by atoms with van der Waals surface area (Å²) < 4.78 is 60.7. The predicted octanol–water partition coefficient (Wildman–Crippen LogP) is 2.04. The molecular weight excluding hydrogens is 229 g/mol. The SMILES string of the molecule is CCS(=O)(=O)Cc1cc(F)cc(F)c1F. The van der Waals surface area contributed by atoms with Crippen molar-refractivity contribution in [2.75, 3.05) is 5.75 Å². The van der Waals surface area contributed by atoms with Crippen molar-refractivity contribution in [1.29, 1.82) is 0 Å². The topological polar surface area (TPSA) is 34.1 Å². The molecule has 0 atom stereocenters. The predicted molar refractivity (Wildman–Crippen MR) is 49.5 cm³/mol. The molecule has 0 fully saturated rings. The minimum Gasteiger partial charge on any atom is -0.229 e. The van der Waals surface area contributed by atoms with E-state index in [1.165, 1.54) is 6.92 Å². The average molecular weight is 238 g/mol. The smallest absolute Gasteiger partial charge is 0.163 e. The van der Waals surface area contributed by atoms with Crippen LogP contribution in [0.4, 0.5) is 13.2 Å². The van der Waals surface area contributed by atoms with E-state index in [-0.39, 0.29) is 5.75 Å². The maximum atomic E-state index is 13.0.